The second-order valence-electron chi connectivity index (χ2n) is 7.55. The van der Waals surface area contributed by atoms with Gasteiger partial charge >= 0.3 is 0 Å². The molecule has 0 aliphatic carbocycles. The highest BCUT2D eigenvalue weighted by atomic mass is 15.3. The third kappa shape index (κ3) is 3.89. The van der Waals surface area contributed by atoms with Crippen molar-refractivity contribution in [3.8, 4) is 0 Å². The number of hydrogen-bond donors (Lipinski definition) is 2. The Labute approximate surface area is 175 Å². The van der Waals surface area contributed by atoms with Gasteiger partial charge in [0.05, 0.1) is 12.0 Å². The Morgan fingerprint density at radius 3 is 2.47 bits per heavy atom. The van der Waals surface area contributed by atoms with E-state index >= 15 is 0 Å². The van der Waals surface area contributed by atoms with Crippen LogP contribution in [0, 0.1) is 0 Å². The lowest BCUT2D eigenvalue weighted by Gasteiger charge is -2.10. The largest absolute Gasteiger partial charge is 0.361 e. The van der Waals surface area contributed by atoms with Gasteiger partial charge in [-0.2, -0.15) is 0 Å². The van der Waals surface area contributed by atoms with Gasteiger partial charge in [-0.15, -0.1) is 10.2 Å². The summed E-state index contributed by atoms with van der Waals surface area (Å²) in [6.07, 6.45) is 9.24. The van der Waals surface area contributed by atoms with Crippen molar-refractivity contribution in [3.63, 3.8) is 0 Å². The van der Waals surface area contributed by atoms with Gasteiger partial charge in [-0.25, -0.2) is 4.98 Å². The number of aryl methyl sites for hydroxylation is 1. The minimum absolute atomic E-state index is 0.758. The number of imidazole rings is 1. The van der Waals surface area contributed by atoms with Crippen molar-refractivity contribution in [2.24, 2.45) is 0 Å². The molecule has 0 spiro atoms. The van der Waals surface area contributed by atoms with Gasteiger partial charge in [0.25, 0.3) is 0 Å². The zero-order valence-electron chi connectivity index (χ0n) is 16.8. The van der Waals surface area contributed by atoms with Crippen LogP contribution in [0.4, 0.5) is 0 Å². The number of para-hydroxylation sites is 1. The van der Waals surface area contributed by atoms with Gasteiger partial charge in [0, 0.05) is 42.7 Å². The lowest BCUT2D eigenvalue weighted by atomic mass is 10.1. The topological polar surface area (TPSA) is 75.2 Å². The first-order valence-electron chi connectivity index (χ1n) is 10.3. The fraction of sp³-hybridized carbons (Fsp3) is 0.208. The summed E-state index contributed by atoms with van der Waals surface area (Å²) < 4.78 is 2.29. The quantitative estimate of drug-likeness (QED) is 0.411. The maximum Gasteiger partial charge on any atom is 0.137 e. The molecule has 0 amide bonds. The van der Waals surface area contributed by atoms with Crippen molar-refractivity contribution in [3.05, 3.63) is 102 Å². The average Bonchev–Trinajstić information content (AvgIpc) is 3.52. The Morgan fingerprint density at radius 1 is 0.833 bits per heavy atom. The van der Waals surface area contributed by atoms with Crippen LogP contribution in [-0.2, 0) is 25.8 Å². The molecule has 0 bridgehead atoms. The highest BCUT2D eigenvalue weighted by Gasteiger charge is 2.15. The number of rotatable bonds is 8. The van der Waals surface area contributed by atoms with Gasteiger partial charge in [0.1, 0.15) is 11.6 Å². The number of fused-ring (bicyclic) bond motifs is 1. The molecule has 5 aromatic rings. The van der Waals surface area contributed by atoms with Crippen LogP contribution in [0.15, 0.2) is 73.3 Å². The summed E-state index contributed by atoms with van der Waals surface area (Å²) in [6, 6.07) is 18.9. The van der Waals surface area contributed by atoms with Crippen molar-refractivity contribution < 1.29 is 0 Å². The summed E-state index contributed by atoms with van der Waals surface area (Å²) in [4.78, 5) is 10.7. The average molecular weight is 396 g/mol. The zero-order chi connectivity index (χ0) is 20.2. The number of aromatic nitrogens is 6. The van der Waals surface area contributed by atoms with E-state index in [1.165, 1.54) is 16.5 Å². The standard InChI is InChI=1S/C24H24N6/c1-2-7-18(8-3-1)13-23-28-29-24(30(23)12-6-9-20-16-25-17-27-20)14-19-15-26-22-11-5-4-10-21(19)22/h1-5,7-8,10-11,15-17,26H,6,9,12-14H2,(H,25,27). The second kappa shape index (κ2) is 8.37. The molecule has 0 saturated heterocycles. The molecule has 3 aromatic heterocycles. The van der Waals surface area contributed by atoms with Gasteiger partial charge in [0.2, 0.25) is 0 Å². The summed E-state index contributed by atoms with van der Waals surface area (Å²) in [5.41, 5.74) is 4.74. The van der Waals surface area contributed by atoms with E-state index in [4.69, 9.17) is 0 Å². The molecule has 30 heavy (non-hydrogen) atoms. The molecule has 0 atom stereocenters. The van der Waals surface area contributed by atoms with E-state index in [0.29, 0.717) is 0 Å². The van der Waals surface area contributed by atoms with Crippen molar-refractivity contribution in [1.29, 1.82) is 0 Å². The third-order valence-electron chi connectivity index (χ3n) is 5.50. The van der Waals surface area contributed by atoms with Crippen LogP contribution in [0.3, 0.4) is 0 Å². The van der Waals surface area contributed by atoms with E-state index in [0.717, 1.165) is 55.1 Å². The van der Waals surface area contributed by atoms with E-state index < -0.39 is 0 Å². The van der Waals surface area contributed by atoms with E-state index in [2.05, 4.69) is 84.4 Å². The van der Waals surface area contributed by atoms with E-state index in [-0.39, 0.29) is 0 Å². The molecule has 2 aromatic carbocycles. The molecule has 0 saturated carbocycles. The summed E-state index contributed by atoms with van der Waals surface area (Å²) in [7, 11) is 0. The second-order valence-corrected chi connectivity index (χ2v) is 7.55. The highest BCUT2D eigenvalue weighted by Crippen LogP contribution is 2.21. The number of nitrogens with one attached hydrogen (secondary N) is 2. The maximum atomic E-state index is 4.59. The lowest BCUT2D eigenvalue weighted by molar-refractivity contribution is 0.593. The maximum absolute atomic E-state index is 4.59. The SMILES string of the molecule is c1ccc(Cc2nnc(Cc3c[nH]c4ccccc34)n2CCCc2c[nH]cn2)cc1. The molecule has 0 radical (unpaired) electrons. The molecule has 6 heteroatoms. The number of nitrogens with zero attached hydrogens (tertiary/aromatic N) is 4. The fourth-order valence-electron chi connectivity index (χ4n) is 3.96. The molecule has 3 heterocycles. The first-order chi connectivity index (χ1) is 14.9. The van der Waals surface area contributed by atoms with E-state index in [1.807, 2.05) is 12.3 Å². The van der Waals surface area contributed by atoms with Crippen LogP contribution in [-0.4, -0.2) is 29.7 Å². The molecule has 0 aliphatic heterocycles. The van der Waals surface area contributed by atoms with Gasteiger partial charge < -0.3 is 14.5 Å². The van der Waals surface area contributed by atoms with Crippen molar-refractivity contribution >= 4 is 10.9 Å². The Bertz CT molecular complexity index is 1220. The molecular formula is C24H24N6. The summed E-state index contributed by atoms with van der Waals surface area (Å²) in [5.74, 6) is 2.02. The molecule has 0 unspecified atom stereocenters. The molecule has 0 aliphatic rings. The minimum atomic E-state index is 0.758. The normalized spacial score (nSPS) is 11.3. The number of benzene rings is 2. The Hall–Kier alpha value is -3.67. The van der Waals surface area contributed by atoms with Crippen molar-refractivity contribution in [1.82, 2.24) is 29.7 Å². The van der Waals surface area contributed by atoms with Crippen LogP contribution in [0.5, 0.6) is 0 Å². The van der Waals surface area contributed by atoms with Crippen LogP contribution in [0.25, 0.3) is 10.9 Å². The van der Waals surface area contributed by atoms with Gasteiger partial charge in [-0.3, -0.25) is 0 Å². The van der Waals surface area contributed by atoms with Crippen LogP contribution >= 0.6 is 0 Å². The molecule has 6 nitrogen and oxygen atoms in total. The predicted octanol–water partition coefficient (Wildman–Crippen LogP) is 4.30. The fourth-order valence-corrected chi connectivity index (χ4v) is 3.96. The van der Waals surface area contributed by atoms with Crippen LogP contribution in [0.2, 0.25) is 0 Å². The van der Waals surface area contributed by atoms with Crippen molar-refractivity contribution in [2.75, 3.05) is 0 Å². The number of hydrogen-bond acceptors (Lipinski definition) is 3. The summed E-state index contributed by atoms with van der Waals surface area (Å²) >= 11 is 0. The van der Waals surface area contributed by atoms with E-state index in [9.17, 15) is 0 Å². The smallest absolute Gasteiger partial charge is 0.137 e. The van der Waals surface area contributed by atoms with E-state index in [1.54, 1.807) is 6.33 Å². The van der Waals surface area contributed by atoms with Crippen molar-refractivity contribution in [2.45, 2.75) is 32.2 Å². The minimum Gasteiger partial charge on any atom is -0.361 e. The first kappa shape index (κ1) is 18.4. The van der Waals surface area contributed by atoms with Gasteiger partial charge in [-0.05, 0) is 30.0 Å². The highest BCUT2D eigenvalue weighted by molar-refractivity contribution is 5.83. The number of H-pyrrole nitrogens is 2. The molecule has 150 valence electrons. The molecule has 2 N–H and O–H groups in total. The molecule has 5 rings (SSSR count). The van der Waals surface area contributed by atoms with Gasteiger partial charge in [0.15, 0.2) is 0 Å². The lowest BCUT2D eigenvalue weighted by Crippen LogP contribution is -2.10. The first-order valence-corrected chi connectivity index (χ1v) is 10.3. The Kier molecular flexibility index (Phi) is 5.12. The van der Waals surface area contributed by atoms with Crippen LogP contribution < -0.4 is 0 Å². The summed E-state index contributed by atoms with van der Waals surface area (Å²) in [5, 5.41) is 10.4. The molecule has 0 fully saturated rings. The Morgan fingerprint density at radius 2 is 1.63 bits per heavy atom. The zero-order valence-corrected chi connectivity index (χ0v) is 16.8. The van der Waals surface area contributed by atoms with Crippen LogP contribution in [0.1, 0.15) is 34.9 Å². The number of aromatic amines is 2. The van der Waals surface area contributed by atoms with Gasteiger partial charge in [-0.1, -0.05) is 48.5 Å². The predicted molar refractivity (Wildman–Crippen MR) is 117 cm³/mol. The Balaban J connectivity index is 1.41. The third-order valence-corrected chi connectivity index (χ3v) is 5.50. The monoisotopic (exact) mass is 396 g/mol. The molecular weight excluding hydrogens is 372 g/mol. The summed E-state index contributed by atoms with van der Waals surface area (Å²) in [6.45, 7) is 0.875.